The van der Waals surface area contributed by atoms with Crippen molar-refractivity contribution in [2.24, 2.45) is 5.92 Å². The molecule has 1 atom stereocenters. The maximum atomic E-state index is 11.9. The summed E-state index contributed by atoms with van der Waals surface area (Å²) in [4.78, 5) is 45.3. The first-order valence-corrected chi connectivity index (χ1v) is 8.27. The molecule has 0 amide bonds. The first kappa shape index (κ1) is 20.6. The third-order valence-corrected chi connectivity index (χ3v) is 3.72. The molecule has 0 bridgehead atoms. The molecule has 0 aromatic heterocycles. The van der Waals surface area contributed by atoms with Crippen LogP contribution in [-0.4, -0.2) is 42.2 Å². The van der Waals surface area contributed by atoms with Crippen LogP contribution in [0.25, 0.3) is 0 Å². The molecule has 2 aromatic rings. The van der Waals surface area contributed by atoms with E-state index in [4.69, 9.17) is 14.6 Å². The Labute approximate surface area is 160 Å². The Morgan fingerprint density at radius 3 is 1.50 bits per heavy atom. The molecular formula is C20H17O8-. The molecule has 0 aliphatic heterocycles. The van der Waals surface area contributed by atoms with Gasteiger partial charge >= 0.3 is 17.9 Å². The minimum atomic E-state index is -1.34. The van der Waals surface area contributed by atoms with E-state index in [1.165, 1.54) is 48.5 Å². The Hall–Kier alpha value is -3.68. The molecule has 0 saturated heterocycles. The van der Waals surface area contributed by atoms with Crippen molar-refractivity contribution in [2.45, 2.75) is 6.92 Å². The van der Waals surface area contributed by atoms with E-state index < -0.39 is 23.9 Å². The number of carboxylic acids is 2. The molecule has 0 spiro atoms. The topological polar surface area (TPSA) is 130 Å². The molecule has 0 radical (unpaired) electrons. The second-order valence-electron chi connectivity index (χ2n) is 6.05. The first-order chi connectivity index (χ1) is 13.3. The molecule has 2 aromatic carbocycles. The maximum Gasteiger partial charge on any atom is 0.338 e. The molecule has 0 saturated carbocycles. The Balaban J connectivity index is 1.79. The molecule has 28 heavy (non-hydrogen) atoms. The van der Waals surface area contributed by atoms with E-state index in [0.717, 1.165) is 0 Å². The monoisotopic (exact) mass is 385 g/mol. The number of esters is 2. The zero-order chi connectivity index (χ0) is 20.7. The van der Waals surface area contributed by atoms with Gasteiger partial charge in [0.25, 0.3) is 0 Å². The zero-order valence-corrected chi connectivity index (χ0v) is 14.9. The van der Waals surface area contributed by atoms with E-state index in [-0.39, 0.29) is 41.4 Å². The van der Waals surface area contributed by atoms with Crippen molar-refractivity contribution < 1.29 is 38.9 Å². The average Bonchev–Trinajstić information content (AvgIpc) is 2.70. The van der Waals surface area contributed by atoms with E-state index >= 15 is 0 Å². The van der Waals surface area contributed by atoms with Crippen LogP contribution in [0.15, 0.2) is 48.5 Å². The molecule has 0 aliphatic carbocycles. The van der Waals surface area contributed by atoms with Gasteiger partial charge in [-0.25, -0.2) is 14.4 Å². The van der Waals surface area contributed by atoms with Gasteiger partial charge in [-0.2, -0.15) is 0 Å². The van der Waals surface area contributed by atoms with Gasteiger partial charge in [-0.15, -0.1) is 0 Å². The van der Waals surface area contributed by atoms with Gasteiger partial charge in [-0.3, -0.25) is 0 Å². The molecule has 2 rings (SSSR count). The lowest BCUT2D eigenvalue weighted by Gasteiger charge is -2.13. The van der Waals surface area contributed by atoms with Crippen LogP contribution in [0.5, 0.6) is 0 Å². The van der Waals surface area contributed by atoms with E-state index in [0.29, 0.717) is 0 Å². The van der Waals surface area contributed by atoms with Crippen molar-refractivity contribution in [1.82, 2.24) is 0 Å². The molecule has 0 aliphatic rings. The summed E-state index contributed by atoms with van der Waals surface area (Å²) in [5, 5.41) is 19.5. The first-order valence-electron chi connectivity index (χ1n) is 8.27. The molecule has 0 heterocycles. The summed E-state index contributed by atoms with van der Waals surface area (Å²) in [7, 11) is 0. The van der Waals surface area contributed by atoms with Crippen LogP contribution < -0.4 is 5.11 Å². The number of carbonyl (C=O) groups is 4. The third-order valence-electron chi connectivity index (χ3n) is 3.72. The number of ether oxygens (including phenoxy) is 2. The molecule has 146 valence electrons. The smallest absolute Gasteiger partial charge is 0.338 e. The summed E-state index contributed by atoms with van der Waals surface area (Å²) in [6.45, 7) is 1.70. The Kier molecular flexibility index (Phi) is 6.86. The second-order valence-corrected chi connectivity index (χ2v) is 6.05. The second kappa shape index (κ2) is 9.31. The minimum Gasteiger partial charge on any atom is -0.545 e. The maximum absolute atomic E-state index is 11.9. The molecular weight excluding hydrogens is 368 g/mol. The van der Waals surface area contributed by atoms with E-state index in [9.17, 15) is 24.3 Å². The van der Waals surface area contributed by atoms with E-state index in [1.807, 2.05) is 0 Å². The molecule has 1 unspecified atom stereocenters. The third kappa shape index (κ3) is 5.66. The Morgan fingerprint density at radius 2 is 1.14 bits per heavy atom. The summed E-state index contributed by atoms with van der Waals surface area (Å²) in [6, 6.07) is 10.4. The quantitative estimate of drug-likeness (QED) is 0.675. The van der Waals surface area contributed by atoms with Gasteiger partial charge in [0.1, 0.15) is 0 Å². The number of rotatable bonds is 8. The van der Waals surface area contributed by atoms with Crippen LogP contribution in [0.2, 0.25) is 0 Å². The van der Waals surface area contributed by atoms with Gasteiger partial charge in [-0.1, -0.05) is 19.1 Å². The number of hydrogen-bond donors (Lipinski definition) is 1. The fourth-order valence-electron chi connectivity index (χ4n) is 2.14. The van der Waals surface area contributed by atoms with Crippen LogP contribution in [0.3, 0.4) is 0 Å². The molecule has 8 heteroatoms. The van der Waals surface area contributed by atoms with Crippen LogP contribution in [-0.2, 0) is 9.47 Å². The van der Waals surface area contributed by atoms with Crippen LogP contribution in [0, 0.1) is 5.92 Å². The normalized spacial score (nSPS) is 11.3. The lowest BCUT2D eigenvalue weighted by Crippen LogP contribution is -2.22. The van der Waals surface area contributed by atoms with Crippen LogP contribution in [0.4, 0.5) is 0 Å². The number of hydrogen-bond acceptors (Lipinski definition) is 7. The van der Waals surface area contributed by atoms with Gasteiger partial charge in [0, 0.05) is 5.92 Å². The molecule has 8 nitrogen and oxygen atoms in total. The lowest BCUT2D eigenvalue weighted by molar-refractivity contribution is -0.255. The molecule has 1 N–H and O–H groups in total. The highest BCUT2D eigenvalue weighted by atomic mass is 16.5. The number of benzene rings is 2. The fourth-order valence-corrected chi connectivity index (χ4v) is 2.14. The van der Waals surface area contributed by atoms with Crippen LogP contribution in [0.1, 0.15) is 48.4 Å². The summed E-state index contributed by atoms with van der Waals surface area (Å²) < 4.78 is 10.2. The summed E-state index contributed by atoms with van der Waals surface area (Å²) in [5.74, 6) is -3.97. The van der Waals surface area contributed by atoms with Crippen molar-refractivity contribution in [3.05, 3.63) is 70.8 Å². The van der Waals surface area contributed by atoms with Crippen LogP contribution >= 0.6 is 0 Å². The van der Waals surface area contributed by atoms with Crippen molar-refractivity contribution >= 4 is 23.9 Å². The average molecular weight is 385 g/mol. The highest BCUT2D eigenvalue weighted by molar-refractivity contribution is 5.93. The standard InChI is InChI=1S/C20H18O8/c1-12(10-27-19(25)15-6-2-13(3-7-15)17(21)22)11-28-20(26)16-8-4-14(5-9-16)18(23)24/h2-9,12H,10-11H2,1H3,(H,21,22)(H,23,24)/p-1. The lowest BCUT2D eigenvalue weighted by atomic mass is 10.1. The van der Waals surface area contributed by atoms with Crippen molar-refractivity contribution in [3.8, 4) is 0 Å². The number of carboxylic acid groups (broad SMARTS) is 2. The van der Waals surface area contributed by atoms with Gasteiger partial charge in [0.15, 0.2) is 0 Å². The largest absolute Gasteiger partial charge is 0.545 e. The SMILES string of the molecule is CC(COC(=O)c1ccc(C(=O)[O-])cc1)COC(=O)c1ccc(C(=O)O)cc1. The molecule has 0 fully saturated rings. The van der Waals surface area contributed by atoms with Gasteiger partial charge in [-0.05, 0) is 42.0 Å². The number of aromatic carboxylic acids is 2. The predicted molar refractivity (Wildman–Crippen MR) is 93.9 cm³/mol. The van der Waals surface area contributed by atoms with Crippen molar-refractivity contribution in [2.75, 3.05) is 13.2 Å². The van der Waals surface area contributed by atoms with Gasteiger partial charge in [0.2, 0.25) is 0 Å². The highest BCUT2D eigenvalue weighted by Gasteiger charge is 2.14. The predicted octanol–water partition coefficient (Wildman–Crippen LogP) is 1.40. The Morgan fingerprint density at radius 1 is 0.786 bits per heavy atom. The van der Waals surface area contributed by atoms with Gasteiger partial charge in [0.05, 0.1) is 35.9 Å². The Bertz CT molecular complexity index is 795. The fraction of sp³-hybridized carbons (Fsp3) is 0.200. The minimum absolute atomic E-state index is 0.00355. The summed E-state index contributed by atoms with van der Waals surface area (Å²) >= 11 is 0. The van der Waals surface area contributed by atoms with Crippen molar-refractivity contribution in [1.29, 1.82) is 0 Å². The van der Waals surface area contributed by atoms with E-state index in [1.54, 1.807) is 6.92 Å². The zero-order valence-electron chi connectivity index (χ0n) is 14.9. The highest BCUT2D eigenvalue weighted by Crippen LogP contribution is 2.09. The van der Waals surface area contributed by atoms with E-state index in [2.05, 4.69) is 0 Å². The van der Waals surface area contributed by atoms with Gasteiger partial charge < -0.3 is 24.5 Å². The summed E-state index contributed by atoms with van der Waals surface area (Å²) in [6.07, 6.45) is 0. The van der Waals surface area contributed by atoms with Crippen molar-refractivity contribution in [3.63, 3.8) is 0 Å². The summed E-state index contributed by atoms with van der Waals surface area (Å²) in [5.41, 5.74) is 0.410. The number of carbonyl (C=O) groups excluding carboxylic acids is 3.